The van der Waals surface area contributed by atoms with Gasteiger partial charge in [-0.2, -0.15) is 16.3 Å². The number of amides is 1. The molecule has 0 saturated carbocycles. The van der Waals surface area contributed by atoms with E-state index >= 15 is 0 Å². The highest BCUT2D eigenvalue weighted by Crippen LogP contribution is 2.28. The van der Waals surface area contributed by atoms with Gasteiger partial charge in [0.15, 0.2) is 5.82 Å². The second-order valence-electron chi connectivity index (χ2n) is 4.60. The van der Waals surface area contributed by atoms with Crippen LogP contribution in [-0.4, -0.2) is 40.8 Å². The van der Waals surface area contributed by atoms with Crippen LogP contribution in [0.5, 0.6) is 0 Å². The molecule has 1 aliphatic heterocycles. The lowest BCUT2D eigenvalue weighted by Crippen LogP contribution is -2.29. The van der Waals surface area contributed by atoms with E-state index in [2.05, 4.69) is 10.1 Å². The Morgan fingerprint density at radius 1 is 1.65 bits per heavy atom. The Morgan fingerprint density at radius 2 is 2.55 bits per heavy atom. The number of carbonyl (C=O) groups excluding carboxylic acids is 1. The van der Waals surface area contributed by atoms with E-state index in [1.165, 1.54) is 0 Å². The Hall–Kier alpha value is -1.89. The van der Waals surface area contributed by atoms with E-state index in [0.29, 0.717) is 31.4 Å². The zero-order valence-corrected chi connectivity index (χ0v) is 11.9. The van der Waals surface area contributed by atoms with Gasteiger partial charge >= 0.3 is 6.09 Å². The summed E-state index contributed by atoms with van der Waals surface area (Å²) in [5.41, 5.74) is 0.939. The molecule has 2 aromatic rings. The minimum Gasteiger partial charge on any atom is -0.450 e. The third kappa shape index (κ3) is 2.53. The molecule has 1 amide bonds. The van der Waals surface area contributed by atoms with Gasteiger partial charge in [0.05, 0.1) is 12.2 Å². The number of thiophene rings is 1. The third-order valence-corrected chi connectivity index (χ3v) is 3.97. The highest BCUT2D eigenvalue weighted by atomic mass is 32.1. The summed E-state index contributed by atoms with van der Waals surface area (Å²) in [5, 5.41) is 7.97. The summed E-state index contributed by atoms with van der Waals surface area (Å²) in [6.07, 6.45) is 0.568. The van der Waals surface area contributed by atoms with Crippen LogP contribution in [0.1, 0.15) is 25.1 Å². The molecule has 1 saturated heterocycles. The largest absolute Gasteiger partial charge is 0.450 e. The molecule has 0 aromatic carbocycles. The average molecular weight is 293 g/mol. The molecule has 7 heteroatoms. The Bertz CT molecular complexity index is 581. The highest BCUT2D eigenvalue weighted by molar-refractivity contribution is 7.08. The first kappa shape index (κ1) is 13.1. The minimum atomic E-state index is -0.267. The van der Waals surface area contributed by atoms with E-state index in [-0.39, 0.29) is 12.0 Å². The SMILES string of the molecule is CCOC(=O)N1CC[C@@H](c2noc(-c3ccsc3)n2)C1. The van der Waals surface area contributed by atoms with Crippen molar-refractivity contribution in [1.82, 2.24) is 15.0 Å². The molecule has 0 bridgehead atoms. The monoisotopic (exact) mass is 293 g/mol. The minimum absolute atomic E-state index is 0.121. The topological polar surface area (TPSA) is 68.5 Å². The quantitative estimate of drug-likeness (QED) is 0.870. The van der Waals surface area contributed by atoms with Crippen LogP contribution >= 0.6 is 11.3 Å². The normalized spacial score (nSPS) is 18.4. The van der Waals surface area contributed by atoms with Crippen LogP contribution < -0.4 is 0 Å². The molecule has 1 atom stereocenters. The fourth-order valence-electron chi connectivity index (χ4n) is 2.26. The van der Waals surface area contributed by atoms with Crippen molar-refractivity contribution in [1.29, 1.82) is 0 Å². The fourth-order valence-corrected chi connectivity index (χ4v) is 2.89. The summed E-state index contributed by atoms with van der Waals surface area (Å²) in [6.45, 7) is 3.45. The molecule has 0 aliphatic carbocycles. The van der Waals surface area contributed by atoms with Crippen LogP contribution in [0.15, 0.2) is 21.3 Å². The van der Waals surface area contributed by atoms with Crippen LogP contribution in [-0.2, 0) is 4.74 Å². The average Bonchev–Trinajstić information content (AvgIpc) is 3.19. The van der Waals surface area contributed by atoms with Gasteiger partial charge in [-0.05, 0) is 24.8 Å². The molecule has 2 aromatic heterocycles. The van der Waals surface area contributed by atoms with E-state index < -0.39 is 0 Å². The van der Waals surface area contributed by atoms with Crippen molar-refractivity contribution < 1.29 is 14.1 Å². The Morgan fingerprint density at radius 3 is 3.30 bits per heavy atom. The van der Waals surface area contributed by atoms with Gasteiger partial charge in [-0.25, -0.2) is 4.79 Å². The van der Waals surface area contributed by atoms with E-state index in [4.69, 9.17) is 9.26 Å². The number of hydrogen-bond acceptors (Lipinski definition) is 6. The number of carbonyl (C=O) groups is 1. The second-order valence-corrected chi connectivity index (χ2v) is 5.38. The van der Waals surface area contributed by atoms with Gasteiger partial charge in [0.1, 0.15) is 0 Å². The predicted octanol–water partition coefficient (Wildman–Crippen LogP) is 2.74. The van der Waals surface area contributed by atoms with E-state index in [9.17, 15) is 4.79 Å². The molecule has 0 unspecified atom stereocenters. The molecular formula is C13H15N3O3S. The molecule has 20 heavy (non-hydrogen) atoms. The van der Waals surface area contributed by atoms with Crippen LogP contribution in [0.4, 0.5) is 4.79 Å². The number of ether oxygens (including phenoxy) is 1. The predicted molar refractivity (Wildman–Crippen MR) is 73.6 cm³/mol. The van der Waals surface area contributed by atoms with Crippen LogP contribution in [0, 0.1) is 0 Å². The van der Waals surface area contributed by atoms with Crippen molar-refractivity contribution in [2.45, 2.75) is 19.3 Å². The molecule has 1 fully saturated rings. The number of likely N-dealkylation sites (tertiary alicyclic amines) is 1. The van der Waals surface area contributed by atoms with Gasteiger partial charge in [0.2, 0.25) is 0 Å². The molecule has 106 valence electrons. The first-order valence-corrected chi connectivity index (χ1v) is 7.50. The lowest BCUT2D eigenvalue weighted by Gasteiger charge is -2.14. The standard InChI is InChI=1S/C13H15N3O3S/c1-2-18-13(17)16-5-3-9(7-16)11-14-12(19-15-11)10-4-6-20-8-10/h4,6,8-9H,2-3,5,7H2,1H3/t9-/m1/s1. The van der Waals surface area contributed by atoms with Crippen LogP contribution in [0.2, 0.25) is 0 Å². The van der Waals surface area contributed by atoms with Crippen molar-refractivity contribution in [3.05, 3.63) is 22.7 Å². The van der Waals surface area contributed by atoms with Crippen LogP contribution in [0.3, 0.4) is 0 Å². The Labute approximate surface area is 120 Å². The first-order valence-electron chi connectivity index (χ1n) is 6.55. The molecule has 6 nitrogen and oxygen atoms in total. The molecule has 3 heterocycles. The Balaban J connectivity index is 1.68. The van der Waals surface area contributed by atoms with Gasteiger partial charge in [0, 0.05) is 24.4 Å². The summed E-state index contributed by atoms with van der Waals surface area (Å²) >= 11 is 1.59. The summed E-state index contributed by atoms with van der Waals surface area (Å²) in [5.74, 6) is 1.32. The smallest absolute Gasteiger partial charge is 0.409 e. The number of nitrogens with zero attached hydrogens (tertiary/aromatic N) is 3. The summed E-state index contributed by atoms with van der Waals surface area (Å²) < 4.78 is 10.3. The lowest BCUT2D eigenvalue weighted by atomic mass is 10.1. The highest BCUT2D eigenvalue weighted by Gasteiger charge is 2.31. The van der Waals surface area contributed by atoms with E-state index in [1.807, 2.05) is 16.8 Å². The zero-order chi connectivity index (χ0) is 13.9. The second kappa shape index (κ2) is 5.62. The van der Waals surface area contributed by atoms with Crippen molar-refractivity contribution >= 4 is 17.4 Å². The number of aromatic nitrogens is 2. The molecule has 0 radical (unpaired) electrons. The summed E-state index contributed by atoms with van der Waals surface area (Å²) in [4.78, 5) is 17.8. The Kier molecular flexibility index (Phi) is 3.68. The van der Waals surface area contributed by atoms with E-state index in [1.54, 1.807) is 23.2 Å². The maximum atomic E-state index is 11.7. The first-order chi connectivity index (χ1) is 9.78. The number of hydrogen-bond donors (Lipinski definition) is 0. The zero-order valence-electron chi connectivity index (χ0n) is 11.1. The van der Waals surface area contributed by atoms with Crippen molar-refractivity contribution in [2.75, 3.05) is 19.7 Å². The van der Waals surface area contributed by atoms with Crippen LogP contribution in [0.25, 0.3) is 11.5 Å². The van der Waals surface area contributed by atoms with Crippen molar-refractivity contribution in [3.8, 4) is 11.5 Å². The maximum Gasteiger partial charge on any atom is 0.409 e. The molecule has 3 rings (SSSR count). The summed E-state index contributed by atoms with van der Waals surface area (Å²) in [6, 6.07) is 1.95. The van der Waals surface area contributed by atoms with Gasteiger partial charge < -0.3 is 14.2 Å². The molecule has 0 N–H and O–H groups in total. The van der Waals surface area contributed by atoms with Crippen molar-refractivity contribution in [3.63, 3.8) is 0 Å². The summed E-state index contributed by atoms with van der Waals surface area (Å²) in [7, 11) is 0. The molecule has 1 aliphatic rings. The molecule has 0 spiro atoms. The third-order valence-electron chi connectivity index (χ3n) is 3.29. The maximum absolute atomic E-state index is 11.7. The van der Waals surface area contributed by atoms with Crippen molar-refractivity contribution in [2.24, 2.45) is 0 Å². The van der Waals surface area contributed by atoms with Gasteiger partial charge in [0.25, 0.3) is 5.89 Å². The van der Waals surface area contributed by atoms with Gasteiger partial charge in [-0.3, -0.25) is 0 Å². The van der Waals surface area contributed by atoms with E-state index in [0.717, 1.165) is 12.0 Å². The number of rotatable bonds is 3. The van der Waals surface area contributed by atoms with Gasteiger partial charge in [-0.15, -0.1) is 0 Å². The molecular weight excluding hydrogens is 278 g/mol. The lowest BCUT2D eigenvalue weighted by molar-refractivity contribution is 0.115. The van der Waals surface area contributed by atoms with Gasteiger partial charge in [-0.1, -0.05) is 5.16 Å². The fraction of sp³-hybridized carbons (Fsp3) is 0.462.